The van der Waals surface area contributed by atoms with Gasteiger partial charge in [0.15, 0.2) is 0 Å². The number of thioether (sulfide) groups is 1. The van der Waals surface area contributed by atoms with Gasteiger partial charge in [-0.3, -0.25) is 0 Å². The molecule has 3 aromatic rings. The quantitative estimate of drug-likeness (QED) is 0.659. The highest BCUT2D eigenvalue weighted by molar-refractivity contribution is 7.97. The average molecular weight is 372 g/mol. The predicted molar refractivity (Wildman–Crippen MR) is 105 cm³/mol. The topological polar surface area (TPSA) is 76.7 Å². The minimum atomic E-state index is 0.216. The number of nitrogens with two attached hydrogens (primary N) is 1. The summed E-state index contributed by atoms with van der Waals surface area (Å²) in [6.45, 7) is 2.02. The van der Waals surface area contributed by atoms with Gasteiger partial charge in [0.2, 0.25) is 11.9 Å². The number of aromatic nitrogens is 3. The van der Waals surface area contributed by atoms with E-state index < -0.39 is 0 Å². The smallest absolute Gasteiger partial charge is 0.232 e. The van der Waals surface area contributed by atoms with Crippen molar-refractivity contribution in [3.63, 3.8) is 0 Å². The molecule has 0 aliphatic rings. The second-order valence-corrected chi connectivity index (χ2v) is 6.91. The summed E-state index contributed by atoms with van der Waals surface area (Å²) in [5, 5.41) is 3.94. The third-order valence-corrected chi connectivity index (χ3v) is 4.76. The van der Waals surface area contributed by atoms with Crippen molar-refractivity contribution in [1.82, 2.24) is 15.0 Å². The third kappa shape index (κ3) is 5.08. The molecule has 1 aromatic heterocycles. The van der Waals surface area contributed by atoms with E-state index in [0.717, 1.165) is 22.0 Å². The van der Waals surface area contributed by atoms with Gasteiger partial charge in [-0.05, 0) is 36.2 Å². The minimum absolute atomic E-state index is 0.216. The lowest BCUT2D eigenvalue weighted by atomic mass is 10.2. The highest BCUT2D eigenvalue weighted by atomic mass is 35.5. The summed E-state index contributed by atoms with van der Waals surface area (Å²) in [5.74, 6) is 2.83. The van der Waals surface area contributed by atoms with Crippen molar-refractivity contribution >= 4 is 40.9 Å². The number of hydrogen-bond donors (Lipinski definition) is 2. The molecule has 25 heavy (non-hydrogen) atoms. The number of rotatable bonds is 6. The minimum Gasteiger partial charge on any atom is -0.368 e. The Balaban J connectivity index is 1.65. The fourth-order valence-electron chi connectivity index (χ4n) is 2.23. The first kappa shape index (κ1) is 17.5. The van der Waals surface area contributed by atoms with E-state index >= 15 is 0 Å². The van der Waals surface area contributed by atoms with Crippen LogP contribution in [0.1, 0.15) is 17.0 Å². The first-order valence-electron chi connectivity index (χ1n) is 7.75. The van der Waals surface area contributed by atoms with E-state index in [9.17, 15) is 0 Å². The Morgan fingerprint density at radius 3 is 2.52 bits per heavy atom. The molecule has 0 atom stereocenters. The maximum atomic E-state index is 5.90. The molecule has 0 saturated carbocycles. The molecular weight excluding hydrogens is 354 g/mol. The van der Waals surface area contributed by atoms with Gasteiger partial charge in [-0.1, -0.05) is 41.9 Å². The zero-order chi connectivity index (χ0) is 17.6. The molecule has 3 N–H and O–H groups in total. The van der Waals surface area contributed by atoms with E-state index in [0.29, 0.717) is 17.5 Å². The van der Waals surface area contributed by atoms with Gasteiger partial charge in [0.05, 0.1) is 5.75 Å². The number of nitrogens with one attached hydrogen (secondary N) is 1. The zero-order valence-corrected chi connectivity index (χ0v) is 15.3. The summed E-state index contributed by atoms with van der Waals surface area (Å²) in [6.07, 6.45) is 0. The number of nitrogen functional groups attached to an aromatic ring is 1. The first-order chi connectivity index (χ1) is 12.1. The summed E-state index contributed by atoms with van der Waals surface area (Å²) in [6, 6.07) is 15.8. The summed E-state index contributed by atoms with van der Waals surface area (Å²) in [5.41, 5.74) is 9.09. The maximum Gasteiger partial charge on any atom is 0.232 e. The molecular formula is C18H18ClN5S. The van der Waals surface area contributed by atoms with Crippen LogP contribution in [0.25, 0.3) is 0 Å². The van der Waals surface area contributed by atoms with E-state index in [-0.39, 0.29) is 5.95 Å². The van der Waals surface area contributed by atoms with Crippen molar-refractivity contribution in [2.24, 2.45) is 0 Å². The monoisotopic (exact) mass is 371 g/mol. The number of benzene rings is 2. The van der Waals surface area contributed by atoms with Crippen LogP contribution in [0.4, 0.5) is 17.6 Å². The Kier molecular flexibility index (Phi) is 5.73. The molecule has 5 nitrogen and oxygen atoms in total. The van der Waals surface area contributed by atoms with Crippen LogP contribution < -0.4 is 11.1 Å². The van der Waals surface area contributed by atoms with Gasteiger partial charge in [-0.15, -0.1) is 11.8 Å². The Labute approximate surface area is 156 Å². The number of halogens is 1. The van der Waals surface area contributed by atoms with E-state index in [1.165, 1.54) is 5.56 Å². The molecule has 0 amide bonds. The lowest BCUT2D eigenvalue weighted by molar-refractivity contribution is 0.981. The van der Waals surface area contributed by atoms with Crippen LogP contribution in [0.3, 0.4) is 0 Å². The lowest BCUT2D eigenvalue weighted by Gasteiger charge is -2.09. The fraction of sp³-hybridized carbons (Fsp3) is 0.167. The fourth-order valence-corrected chi connectivity index (χ4v) is 3.20. The first-order valence-corrected chi connectivity index (χ1v) is 9.29. The number of anilines is 3. The second-order valence-electron chi connectivity index (χ2n) is 5.49. The average Bonchev–Trinajstić information content (AvgIpc) is 2.58. The Morgan fingerprint density at radius 1 is 1.00 bits per heavy atom. The van der Waals surface area contributed by atoms with Crippen LogP contribution in [0, 0.1) is 6.92 Å². The van der Waals surface area contributed by atoms with Gasteiger partial charge in [-0.2, -0.15) is 15.0 Å². The Bertz CT molecular complexity index is 854. The summed E-state index contributed by atoms with van der Waals surface area (Å²) < 4.78 is 0. The maximum absolute atomic E-state index is 5.90. The molecule has 0 radical (unpaired) electrons. The summed E-state index contributed by atoms with van der Waals surface area (Å²) >= 11 is 7.61. The van der Waals surface area contributed by atoms with Crippen molar-refractivity contribution in [3.05, 3.63) is 70.5 Å². The summed E-state index contributed by atoms with van der Waals surface area (Å²) in [4.78, 5) is 12.8. The van der Waals surface area contributed by atoms with Gasteiger partial charge in [0.25, 0.3) is 0 Å². The van der Waals surface area contributed by atoms with Crippen molar-refractivity contribution < 1.29 is 0 Å². The van der Waals surface area contributed by atoms with Crippen molar-refractivity contribution in [2.45, 2.75) is 18.4 Å². The highest BCUT2D eigenvalue weighted by Crippen LogP contribution is 2.21. The second kappa shape index (κ2) is 8.18. The largest absolute Gasteiger partial charge is 0.368 e. The molecule has 2 aromatic carbocycles. The third-order valence-electron chi connectivity index (χ3n) is 3.50. The standard InChI is InChI=1S/C18H18ClN5S/c1-12-4-2-3-5-15(12)21-18-23-16(22-17(20)24-18)11-25-10-13-6-8-14(19)9-7-13/h2-9H,10-11H2,1H3,(H3,20,21,22,23,24). The van der Waals surface area contributed by atoms with Crippen LogP contribution >= 0.6 is 23.4 Å². The van der Waals surface area contributed by atoms with Crippen LogP contribution in [-0.4, -0.2) is 15.0 Å². The van der Waals surface area contributed by atoms with Crippen molar-refractivity contribution in [1.29, 1.82) is 0 Å². The molecule has 0 saturated heterocycles. The van der Waals surface area contributed by atoms with E-state index in [1.807, 2.05) is 55.5 Å². The highest BCUT2D eigenvalue weighted by Gasteiger charge is 2.07. The molecule has 0 aliphatic heterocycles. The molecule has 0 fully saturated rings. The molecule has 0 bridgehead atoms. The SMILES string of the molecule is Cc1ccccc1Nc1nc(N)nc(CSCc2ccc(Cl)cc2)n1. The normalized spacial score (nSPS) is 10.6. The van der Waals surface area contributed by atoms with Gasteiger partial charge >= 0.3 is 0 Å². The molecule has 0 spiro atoms. The van der Waals surface area contributed by atoms with Crippen LogP contribution in [0.15, 0.2) is 48.5 Å². The van der Waals surface area contributed by atoms with Crippen molar-refractivity contribution in [3.8, 4) is 0 Å². The van der Waals surface area contributed by atoms with E-state index in [2.05, 4.69) is 20.3 Å². The molecule has 7 heteroatoms. The molecule has 3 rings (SSSR count). The molecule has 0 aliphatic carbocycles. The van der Waals surface area contributed by atoms with Crippen LogP contribution in [0.5, 0.6) is 0 Å². The zero-order valence-electron chi connectivity index (χ0n) is 13.7. The number of aryl methyl sites for hydroxylation is 1. The van der Waals surface area contributed by atoms with Gasteiger partial charge < -0.3 is 11.1 Å². The lowest BCUT2D eigenvalue weighted by Crippen LogP contribution is -2.07. The van der Waals surface area contributed by atoms with E-state index in [1.54, 1.807) is 11.8 Å². The number of para-hydroxylation sites is 1. The van der Waals surface area contributed by atoms with Gasteiger partial charge in [0.1, 0.15) is 5.82 Å². The number of nitrogens with zero attached hydrogens (tertiary/aromatic N) is 3. The van der Waals surface area contributed by atoms with Crippen LogP contribution in [-0.2, 0) is 11.5 Å². The summed E-state index contributed by atoms with van der Waals surface area (Å²) in [7, 11) is 0. The van der Waals surface area contributed by atoms with Gasteiger partial charge in [-0.25, -0.2) is 0 Å². The van der Waals surface area contributed by atoms with Gasteiger partial charge in [0, 0.05) is 16.5 Å². The predicted octanol–water partition coefficient (Wildman–Crippen LogP) is 4.59. The van der Waals surface area contributed by atoms with E-state index in [4.69, 9.17) is 17.3 Å². The molecule has 1 heterocycles. The molecule has 0 unspecified atom stereocenters. The number of hydrogen-bond acceptors (Lipinski definition) is 6. The Hall–Kier alpha value is -2.31. The Morgan fingerprint density at radius 2 is 1.76 bits per heavy atom. The molecule has 128 valence electrons. The van der Waals surface area contributed by atoms with Crippen LogP contribution in [0.2, 0.25) is 5.02 Å². The van der Waals surface area contributed by atoms with Crippen molar-refractivity contribution in [2.75, 3.05) is 11.1 Å².